The van der Waals surface area contributed by atoms with Crippen LogP contribution in [0.25, 0.3) is 10.8 Å². The average Bonchev–Trinajstić information content (AvgIpc) is 2.69. The SMILES string of the molecule is C/C(=C\OC(=O)COc1cc(C)c(C)c(C)c1)Cc1cccc2ccccc12. The molecule has 0 aliphatic heterocycles. The van der Waals surface area contributed by atoms with Gasteiger partial charge in [0, 0.05) is 0 Å². The van der Waals surface area contributed by atoms with Crippen LogP contribution in [0.1, 0.15) is 29.2 Å². The Morgan fingerprint density at radius 1 is 0.964 bits per heavy atom. The highest BCUT2D eigenvalue weighted by Crippen LogP contribution is 2.22. The number of hydrogen-bond acceptors (Lipinski definition) is 3. The van der Waals surface area contributed by atoms with Crippen LogP contribution in [0.2, 0.25) is 0 Å². The number of ether oxygens (including phenoxy) is 2. The van der Waals surface area contributed by atoms with E-state index in [1.54, 1.807) is 0 Å². The molecule has 0 saturated heterocycles. The van der Waals surface area contributed by atoms with Crippen molar-refractivity contribution in [1.82, 2.24) is 0 Å². The van der Waals surface area contributed by atoms with E-state index in [-0.39, 0.29) is 6.61 Å². The molecule has 3 aromatic rings. The van der Waals surface area contributed by atoms with Crippen LogP contribution in [0.3, 0.4) is 0 Å². The molecule has 0 bridgehead atoms. The Morgan fingerprint density at radius 2 is 1.64 bits per heavy atom. The first kappa shape index (κ1) is 19.7. The molecule has 0 aromatic heterocycles. The van der Waals surface area contributed by atoms with Crippen LogP contribution in [0.5, 0.6) is 5.75 Å². The number of carbonyl (C=O) groups excluding carboxylic acids is 1. The summed E-state index contributed by atoms with van der Waals surface area (Å²) in [6.45, 7) is 7.99. The number of hydrogen-bond donors (Lipinski definition) is 0. The maximum Gasteiger partial charge on any atom is 0.348 e. The van der Waals surface area contributed by atoms with E-state index in [1.807, 2.05) is 45.0 Å². The van der Waals surface area contributed by atoms with Gasteiger partial charge in [-0.05, 0) is 84.8 Å². The molecular formula is C25H26O3. The Bertz CT molecular complexity index is 1000. The molecule has 0 N–H and O–H groups in total. The smallest absolute Gasteiger partial charge is 0.348 e. The molecule has 28 heavy (non-hydrogen) atoms. The van der Waals surface area contributed by atoms with Crippen LogP contribution in [-0.4, -0.2) is 12.6 Å². The van der Waals surface area contributed by atoms with E-state index in [9.17, 15) is 4.79 Å². The number of aryl methyl sites for hydroxylation is 2. The van der Waals surface area contributed by atoms with Crippen molar-refractivity contribution in [3.8, 4) is 5.75 Å². The Balaban J connectivity index is 1.58. The van der Waals surface area contributed by atoms with Crippen molar-refractivity contribution in [2.45, 2.75) is 34.1 Å². The Hall–Kier alpha value is -3.07. The lowest BCUT2D eigenvalue weighted by Crippen LogP contribution is -2.13. The van der Waals surface area contributed by atoms with Crippen molar-refractivity contribution in [2.24, 2.45) is 0 Å². The van der Waals surface area contributed by atoms with Crippen molar-refractivity contribution < 1.29 is 14.3 Å². The van der Waals surface area contributed by atoms with Gasteiger partial charge in [-0.15, -0.1) is 0 Å². The van der Waals surface area contributed by atoms with E-state index in [0.29, 0.717) is 5.75 Å². The fourth-order valence-electron chi connectivity index (χ4n) is 3.21. The first-order valence-electron chi connectivity index (χ1n) is 9.46. The van der Waals surface area contributed by atoms with Crippen LogP contribution < -0.4 is 4.74 Å². The minimum atomic E-state index is -0.409. The summed E-state index contributed by atoms with van der Waals surface area (Å²) in [6, 6.07) is 18.4. The molecule has 0 unspecified atom stereocenters. The highest BCUT2D eigenvalue weighted by atomic mass is 16.6. The molecule has 0 saturated carbocycles. The third-order valence-electron chi connectivity index (χ3n) is 5.00. The Kier molecular flexibility index (Phi) is 6.15. The zero-order valence-corrected chi connectivity index (χ0v) is 16.9. The summed E-state index contributed by atoms with van der Waals surface area (Å²) in [7, 11) is 0. The highest BCUT2D eigenvalue weighted by molar-refractivity contribution is 5.85. The lowest BCUT2D eigenvalue weighted by Gasteiger charge is -2.10. The zero-order chi connectivity index (χ0) is 20.1. The molecule has 0 fully saturated rings. The second kappa shape index (κ2) is 8.75. The van der Waals surface area contributed by atoms with E-state index in [2.05, 4.69) is 37.3 Å². The molecule has 3 rings (SSSR count). The van der Waals surface area contributed by atoms with Gasteiger partial charge in [-0.2, -0.15) is 0 Å². The van der Waals surface area contributed by atoms with E-state index >= 15 is 0 Å². The summed E-state index contributed by atoms with van der Waals surface area (Å²) in [5.41, 5.74) is 5.72. The molecule has 0 heterocycles. The predicted octanol–water partition coefficient (Wildman–Crippen LogP) is 5.83. The highest BCUT2D eigenvalue weighted by Gasteiger charge is 2.07. The second-order valence-corrected chi connectivity index (χ2v) is 7.24. The average molecular weight is 374 g/mol. The summed E-state index contributed by atoms with van der Waals surface area (Å²) < 4.78 is 10.9. The molecule has 3 nitrogen and oxygen atoms in total. The van der Waals surface area contributed by atoms with Crippen molar-refractivity contribution in [1.29, 1.82) is 0 Å². The van der Waals surface area contributed by atoms with Crippen LogP contribution >= 0.6 is 0 Å². The normalized spacial score (nSPS) is 11.5. The van der Waals surface area contributed by atoms with Crippen LogP contribution in [0, 0.1) is 20.8 Å². The number of esters is 1. The molecule has 0 aliphatic rings. The summed E-state index contributed by atoms with van der Waals surface area (Å²) in [5.74, 6) is 0.280. The summed E-state index contributed by atoms with van der Waals surface area (Å²) in [5, 5.41) is 2.43. The monoisotopic (exact) mass is 374 g/mol. The van der Waals surface area contributed by atoms with Crippen LogP contribution in [0.4, 0.5) is 0 Å². The number of carbonyl (C=O) groups is 1. The Morgan fingerprint density at radius 3 is 2.39 bits per heavy atom. The minimum Gasteiger partial charge on any atom is -0.482 e. The fraction of sp³-hybridized carbons (Fsp3) is 0.240. The largest absolute Gasteiger partial charge is 0.482 e. The fourth-order valence-corrected chi connectivity index (χ4v) is 3.21. The lowest BCUT2D eigenvalue weighted by molar-refractivity contribution is -0.140. The van der Waals surface area contributed by atoms with Gasteiger partial charge in [0.2, 0.25) is 0 Å². The lowest BCUT2D eigenvalue weighted by atomic mass is 10.00. The molecule has 0 aliphatic carbocycles. The maximum absolute atomic E-state index is 12.0. The minimum absolute atomic E-state index is 0.111. The number of benzene rings is 3. The van der Waals surface area contributed by atoms with Gasteiger partial charge in [0.05, 0.1) is 6.26 Å². The van der Waals surface area contributed by atoms with Crippen molar-refractivity contribution in [2.75, 3.05) is 6.61 Å². The van der Waals surface area contributed by atoms with Crippen LogP contribution in [-0.2, 0) is 16.0 Å². The summed E-state index contributed by atoms with van der Waals surface area (Å²) in [4.78, 5) is 12.0. The van der Waals surface area contributed by atoms with Gasteiger partial charge in [-0.25, -0.2) is 4.79 Å². The molecule has 144 valence electrons. The maximum atomic E-state index is 12.0. The van der Waals surface area contributed by atoms with Gasteiger partial charge in [-0.1, -0.05) is 42.5 Å². The van der Waals surface area contributed by atoms with Gasteiger partial charge < -0.3 is 9.47 Å². The van der Waals surface area contributed by atoms with E-state index in [0.717, 1.165) is 23.1 Å². The summed E-state index contributed by atoms with van der Waals surface area (Å²) >= 11 is 0. The van der Waals surface area contributed by atoms with Crippen molar-refractivity contribution in [3.63, 3.8) is 0 Å². The predicted molar refractivity (Wildman–Crippen MR) is 114 cm³/mol. The van der Waals surface area contributed by atoms with Gasteiger partial charge in [-0.3, -0.25) is 0 Å². The van der Waals surface area contributed by atoms with Crippen molar-refractivity contribution >= 4 is 16.7 Å². The number of allylic oxidation sites excluding steroid dienone is 1. The second-order valence-electron chi connectivity index (χ2n) is 7.24. The van der Waals surface area contributed by atoms with Gasteiger partial charge in [0.1, 0.15) is 5.75 Å². The van der Waals surface area contributed by atoms with E-state index in [4.69, 9.17) is 9.47 Å². The topological polar surface area (TPSA) is 35.5 Å². The molecule has 0 radical (unpaired) electrons. The van der Waals surface area contributed by atoms with E-state index < -0.39 is 5.97 Å². The third-order valence-corrected chi connectivity index (χ3v) is 5.00. The molecule has 3 heteroatoms. The Labute approximate surface area is 166 Å². The number of rotatable bonds is 6. The summed E-state index contributed by atoms with van der Waals surface area (Å²) in [6.07, 6.45) is 2.25. The molecule has 0 spiro atoms. The van der Waals surface area contributed by atoms with Crippen molar-refractivity contribution in [3.05, 3.63) is 88.7 Å². The molecular weight excluding hydrogens is 348 g/mol. The molecule has 0 amide bonds. The van der Waals surface area contributed by atoms with Gasteiger partial charge >= 0.3 is 5.97 Å². The van der Waals surface area contributed by atoms with Gasteiger partial charge in [0.25, 0.3) is 0 Å². The van der Waals surface area contributed by atoms with Crippen LogP contribution in [0.15, 0.2) is 66.4 Å². The first-order valence-corrected chi connectivity index (χ1v) is 9.46. The first-order chi connectivity index (χ1) is 13.4. The zero-order valence-electron chi connectivity index (χ0n) is 16.9. The molecule has 0 atom stereocenters. The van der Waals surface area contributed by atoms with E-state index in [1.165, 1.54) is 28.2 Å². The third kappa shape index (κ3) is 4.80. The quantitative estimate of drug-likeness (QED) is 0.402. The standard InChI is InChI=1S/C25H26O3/c1-17(12-22-10-7-9-21-8-5-6-11-24(21)22)15-28-25(26)16-27-23-13-18(2)20(4)19(3)14-23/h5-11,13-15H,12,16H2,1-4H3/b17-15+. The van der Waals surface area contributed by atoms with Gasteiger partial charge in [0.15, 0.2) is 6.61 Å². The number of fused-ring (bicyclic) bond motifs is 1. The molecule has 3 aromatic carbocycles.